The monoisotopic (exact) mass is 627 g/mol. The third-order valence-electron chi connectivity index (χ3n) is 10.6. The molecule has 1 aromatic heterocycles. The standard InChI is InChI=1S/C47H33NO/c1-47(2)43-16-7-5-14-39(43)42-29-37(22-25-44(42)47)48(35-13-9-12-32(27-35)33-19-18-30-10-3-4-11-31(30)26-33)36-21-24-38-34(28-36)20-23-41-40-15-6-8-17-45(40)49-46(38)41/h3-29H,1-2H3. The van der Waals surface area contributed by atoms with E-state index in [1.807, 2.05) is 12.1 Å². The van der Waals surface area contributed by atoms with Crippen LogP contribution in [0.2, 0.25) is 0 Å². The molecule has 0 saturated carbocycles. The van der Waals surface area contributed by atoms with Gasteiger partial charge in [-0.25, -0.2) is 0 Å². The van der Waals surface area contributed by atoms with Crippen molar-refractivity contribution in [2.45, 2.75) is 19.3 Å². The highest BCUT2D eigenvalue weighted by Crippen LogP contribution is 2.51. The minimum atomic E-state index is -0.0494. The molecular weight excluding hydrogens is 595 g/mol. The number of anilines is 3. The molecule has 9 aromatic rings. The highest BCUT2D eigenvalue weighted by atomic mass is 16.3. The summed E-state index contributed by atoms with van der Waals surface area (Å²) < 4.78 is 6.42. The lowest BCUT2D eigenvalue weighted by Crippen LogP contribution is -2.15. The number of rotatable bonds is 4. The van der Waals surface area contributed by atoms with Crippen molar-refractivity contribution in [1.82, 2.24) is 0 Å². The van der Waals surface area contributed by atoms with E-state index in [1.54, 1.807) is 0 Å². The van der Waals surface area contributed by atoms with Gasteiger partial charge in [-0.3, -0.25) is 0 Å². The third kappa shape index (κ3) is 4.27. The fourth-order valence-corrected chi connectivity index (χ4v) is 8.13. The molecule has 1 aliphatic rings. The van der Waals surface area contributed by atoms with E-state index < -0.39 is 0 Å². The van der Waals surface area contributed by atoms with Crippen molar-refractivity contribution in [2.75, 3.05) is 4.90 Å². The Morgan fingerprint density at radius 3 is 2.06 bits per heavy atom. The molecule has 0 atom stereocenters. The average Bonchev–Trinajstić information content (AvgIpc) is 3.64. The van der Waals surface area contributed by atoms with Crippen LogP contribution in [0.3, 0.4) is 0 Å². The first kappa shape index (κ1) is 27.9. The molecule has 10 rings (SSSR count). The van der Waals surface area contributed by atoms with Crippen LogP contribution < -0.4 is 4.90 Å². The van der Waals surface area contributed by atoms with Crippen molar-refractivity contribution in [1.29, 1.82) is 0 Å². The number of furan rings is 1. The summed E-state index contributed by atoms with van der Waals surface area (Å²) in [5, 5.41) is 7.06. The van der Waals surface area contributed by atoms with Gasteiger partial charge in [0.25, 0.3) is 0 Å². The van der Waals surface area contributed by atoms with Crippen LogP contribution in [0.4, 0.5) is 17.1 Å². The Hall–Kier alpha value is -6.12. The quantitative estimate of drug-likeness (QED) is 0.193. The molecule has 0 spiro atoms. The van der Waals surface area contributed by atoms with Crippen LogP contribution in [-0.4, -0.2) is 0 Å². The van der Waals surface area contributed by atoms with Crippen molar-refractivity contribution < 1.29 is 4.42 Å². The second-order valence-corrected chi connectivity index (χ2v) is 13.8. The lowest BCUT2D eigenvalue weighted by Gasteiger charge is -2.28. The summed E-state index contributed by atoms with van der Waals surface area (Å²) in [6.07, 6.45) is 0. The number of nitrogens with zero attached hydrogens (tertiary/aromatic N) is 1. The van der Waals surface area contributed by atoms with Gasteiger partial charge in [0.1, 0.15) is 11.2 Å². The Bertz CT molecular complexity index is 2770. The zero-order chi connectivity index (χ0) is 32.7. The van der Waals surface area contributed by atoms with E-state index in [4.69, 9.17) is 4.42 Å². The molecule has 0 amide bonds. The molecule has 0 fully saturated rings. The van der Waals surface area contributed by atoms with Gasteiger partial charge >= 0.3 is 0 Å². The molecule has 2 nitrogen and oxygen atoms in total. The van der Waals surface area contributed by atoms with E-state index in [9.17, 15) is 0 Å². The molecule has 0 unspecified atom stereocenters. The minimum absolute atomic E-state index is 0.0494. The van der Waals surface area contributed by atoms with Crippen LogP contribution in [0.1, 0.15) is 25.0 Å². The Balaban J connectivity index is 1.17. The molecule has 8 aromatic carbocycles. The van der Waals surface area contributed by atoms with Gasteiger partial charge in [0, 0.05) is 38.6 Å². The molecule has 2 heteroatoms. The van der Waals surface area contributed by atoms with Crippen molar-refractivity contribution in [2.24, 2.45) is 0 Å². The first-order chi connectivity index (χ1) is 24.0. The summed E-state index contributed by atoms with van der Waals surface area (Å²) in [6, 6.07) is 59.6. The Labute approximate surface area is 285 Å². The van der Waals surface area contributed by atoms with E-state index >= 15 is 0 Å². The van der Waals surface area contributed by atoms with Crippen LogP contribution in [0.15, 0.2) is 168 Å². The molecule has 1 aliphatic carbocycles. The number of para-hydroxylation sites is 1. The smallest absolute Gasteiger partial charge is 0.143 e. The SMILES string of the molecule is CC1(C)c2ccccc2-c2cc(N(c3cccc(-c4ccc5ccccc5c4)c3)c3ccc4c(ccc5c6ccccc6oc45)c3)ccc21. The molecule has 232 valence electrons. The topological polar surface area (TPSA) is 16.4 Å². The maximum atomic E-state index is 6.42. The van der Waals surface area contributed by atoms with Gasteiger partial charge in [0.2, 0.25) is 0 Å². The summed E-state index contributed by atoms with van der Waals surface area (Å²) in [6.45, 7) is 4.68. The summed E-state index contributed by atoms with van der Waals surface area (Å²) in [5.74, 6) is 0. The first-order valence-corrected chi connectivity index (χ1v) is 17.0. The molecule has 0 radical (unpaired) electrons. The maximum Gasteiger partial charge on any atom is 0.143 e. The minimum Gasteiger partial charge on any atom is -0.455 e. The van der Waals surface area contributed by atoms with Gasteiger partial charge in [-0.15, -0.1) is 0 Å². The van der Waals surface area contributed by atoms with Crippen molar-refractivity contribution >= 4 is 60.5 Å². The number of hydrogen-bond acceptors (Lipinski definition) is 2. The van der Waals surface area contributed by atoms with E-state index in [0.29, 0.717) is 0 Å². The summed E-state index contributed by atoms with van der Waals surface area (Å²) in [4.78, 5) is 2.40. The highest BCUT2D eigenvalue weighted by molar-refractivity contribution is 6.15. The second-order valence-electron chi connectivity index (χ2n) is 13.8. The molecule has 0 aliphatic heterocycles. The largest absolute Gasteiger partial charge is 0.455 e. The zero-order valence-electron chi connectivity index (χ0n) is 27.4. The van der Waals surface area contributed by atoms with Crippen LogP contribution in [-0.2, 0) is 5.41 Å². The molecule has 0 bridgehead atoms. The van der Waals surface area contributed by atoms with Crippen molar-refractivity contribution in [3.05, 3.63) is 175 Å². The van der Waals surface area contributed by atoms with Crippen LogP contribution >= 0.6 is 0 Å². The van der Waals surface area contributed by atoms with Gasteiger partial charge in [0.05, 0.1) is 0 Å². The lowest BCUT2D eigenvalue weighted by molar-refractivity contribution is 0.660. The van der Waals surface area contributed by atoms with Gasteiger partial charge < -0.3 is 9.32 Å². The predicted molar refractivity (Wildman–Crippen MR) is 206 cm³/mol. The van der Waals surface area contributed by atoms with Crippen LogP contribution in [0.25, 0.3) is 65.7 Å². The maximum absolute atomic E-state index is 6.42. The van der Waals surface area contributed by atoms with Crippen LogP contribution in [0.5, 0.6) is 0 Å². The van der Waals surface area contributed by atoms with Gasteiger partial charge in [0.15, 0.2) is 0 Å². The second kappa shape index (κ2) is 10.4. The van der Waals surface area contributed by atoms with Crippen LogP contribution in [0, 0.1) is 0 Å². The molecular formula is C47H33NO. The normalized spacial score (nSPS) is 13.3. The highest BCUT2D eigenvalue weighted by Gasteiger charge is 2.35. The van der Waals surface area contributed by atoms with E-state index in [0.717, 1.165) is 49.8 Å². The lowest BCUT2D eigenvalue weighted by atomic mass is 9.82. The Kier molecular flexibility index (Phi) is 5.95. The van der Waals surface area contributed by atoms with Gasteiger partial charge in [-0.1, -0.05) is 117 Å². The summed E-state index contributed by atoms with van der Waals surface area (Å²) in [5.41, 5.74) is 12.9. The van der Waals surface area contributed by atoms with Crippen molar-refractivity contribution in [3.63, 3.8) is 0 Å². The fourth-order valence-electron chi connectivity index (χ4n) is 8.13. The third-order valence-corrected chi connectivity index (χ3v) is 10.6. The van der Waals surface area contributed by atoms with E-state index in [-0.39, 0.29) is 5.41 Å². The van der Waals surface area contributed by atoms with Gasteiger partial charge in [-0.05, 0) is 110 Å². The predicted octanol–water partition coefficient (Wildman–Crippen LogP) is 13.3. The average molecular weight is 628 g/mol. The zero-order valence-corrected chi connectivity index (χ0v) is 27.4. The first-order valence-electron chi connectivity index (χ1n) is 17.0. The fraction of sp³-hybridized carbons (Fsp3) is 0.0638. The van der Waals surface area contributed by atoms with Crippen molar-refractivity contribution in [3.8, 4) is 22.3 Å². The Morgan fingerprint density at radius 2 is 1.12 bits per heavy atom. The number of benzene rings is 8. The summed E-state index contributed by atoms with van der Waals surface area (Å²) >= 11 is 0. The van der Waals surface area contributed by atoms with E-state index in [1.165, 1.54) is 44.2 Å². The number of hydrogen-bond donors (Lipinski definition) is 0. The van der Waals surface area contributed by atoms with Gasteiger partial charge in [-0.2, -0.15) is 0 Å². The number of fused-ring (bicyclic) bond motifs is 9. The summed E-state index contributed by atoms with van der Waals surface area (Å²) in [7, 11) is 0. The molecule has 49 heavy (non-hydrogen) atoms. The van der Waals surface area contributed by atoms with E-state index in [2.05, 4.69) is 170 Å². The molecule has 0 N–H and O–H groups in total. The molecule has 1 heterocycles. The molecule has 0 saturated heterocycles. The Morgan fingerprint density at radius 1 is 0.429 bits per heavy atom.